The van der Waals surface area contributed by atoms with Crippen LogP contribution in [-0.4, -0.2) is 6.54 Å². The van der Waals surface area contributed by atoms with Gasteiger partial charge < -0.3 is 9.73 Å². The van der Waals surface area contributed by atoms with Crippen LogP contribution in [0.5, 0.6) is 0 Å². The van der Waals surface area contributed by atoms with Crippen molar-refractivity contribution in [3.8, 4) is 0 Å². The van der Waals surface area contributed by atoms with E-state index in [-0.39, 0.29) is 11.1 Å². The van der Waals surface area contributed by atoms with E-state index in [1.54, 1.807) is 6.07 Å². The highest BCUT2D eigenvalue weighted by Gasteiger charge is 2.19. The summed E-state index contributed by atoms with van der Waals surface area (Å²) in [7, 11) is 0. The number of hydrogen-bond acceptors (Lipinski definition) is 2. The average Bonchev–Trinajstić information content (AvgIpc) is 2.86. The van der Waals surface area contributed by atoms with Crippen LogP contribution in [0, 0.1) is 5.82 Å². The first-order valence-corrected chi connectivity index (χ1v) is 8.05. The van der Waals surface area contributed by atoms with Crippen molar-refractivity contribution in [2.45, 2.75) is 39.2 Å². The average molecular weight is 363 g/mol. The van der Waals surface area contributed by atoms with E-state index in [2.05, 4.69) is 35.1 Å². The molecule has 1 aromatic carbocycles. The SMILES string of the molecule is CCCNC(CCC)c1cc2c(F)c(Cl)cc(Br)c2o1. The molecule has 2 aromatic rings. The number of furan rings is 1. The summed E-state index contributed by atoms with van der Waals surface area (Å²) in [6, 6.07) is 3.39. The van der Waals surface area contributed by atoms with Gasteiger partial charge in [-0.2, -0.15) is 0 Å². The Balaban J connectivity index is 2.43. The van der Waals surface area contributed by atoms with Crippen molar-refractivity contribution in [2.24, 2.45) is 0 Å². The highest BCUT2D eigenvalue weighted by atomic mass is 79.9. The van der Waals surface area contributed by atoms with Crippen molar-refractivity contribution in [2.75, 3.05) is 6.54 Å². The van der Waals surface area contributed by atoms with Crippen LogP contribution in [0.25, 0.3) is 11.0 Å². The van der Waals surface area contributed by atoms with Gasteiger partial charge in [0, 0.05) is 0 Å². The quantitative estimate of drug-likeness (QED) is 0.654. The van der Waals surface area contributed by atoms with Gasteiger partial charge in [-0.05, 0) is 47.4 Å². The highest BCUT2D eigenvalue weighted by molar-refractivity contribution is 9.10. The second-order valence-corrected chi connectivity index (χ2v) is 6.10. The molecule has 0 aliphatic heterocycles. The van der Waals surface area contributed by atoms with Gasteiger partial charge in [-0.15, -0.1) is 0 Å². The Bertz CT molecular complexity index is 599. The smallest absolute Gasteiger partial charge is 0.152 e. The van der Waals surface area contributed by atoms with Gasteiger partial charge in [0.15, 0.2) is 11.4 Å². The molecule has 0 saturated heterocycles. The molecule has 1 unspecified atom stereocenters. The van der Waals surface area contributed by atoms with E-state index >= 15 is 0 Å². The summed E-state index contributed by atoms with van der Waals surface area (Å²) in [5.41, 5.74) is 0.515. The lowest BCUT2D eigenvalue weighted by molar-refractivity contribution is 0.407. The molecule has 1 heterocycles. The van der Waals surface area contributed by atoms with E-state index in [9.17, 15) is 4.39 Å². The van der Waals surface area contributed by atoms with E-state index in [1.165, 1.54) is 6.07 Å². The molecule has 2 rings (SSSR count). The summed E-state index contributed by atoms with van der Waals surface area (Å²) < 4.78 is 20.6. The van der Waals surface area contributed by atoms with Gasteiger partial charge in [-0.25, -0.2) is 4.39 Å². The Hall–Kier alpha value is -0.580. The lowest BCUT2D eigenvalue weighted by Crippen LogP contribution is -2.21. The number of benzene rings is 1. The third kappa shape index (κ3) is 3.18. The maximum Gasteiger partial charge on any atom is 0.152 e. The number of rotatable bonds is 6. The summed E-state index contributed by atoms with van der Waals surface area (Å²) in [6.07, 6.45) is 3.03. The van der Waals surface area contributed by atoms with E-state index in [1.807, 2.05) is 0 Å². The Labute approximate surface area is 131 Å². The van der Waals surface area contributed by atoms with Gasteiger partial charge in [-0.1, -0.05) is 31.9 Å². The molecule has 110 valence electrons. The molecule has 1 N–H and O–H groups in total. The first-order chi connectivity index (χ1) is 9.58. The van der Waals surface area contributed by atoms with Gasteiger partial charge in [0.25, 0.3) is 0 Å². The van der Waals surface area contributed by atoms with Crippen molar-refractivity contribution in [3.63, 3.8) is 0 Å². The number of hydrogen-bond donors (Lipinski definition) is 1. The van der Waals surface area contributed by atoms with Crippen molar-refractivity contribution < 1.29 is 8.81 Å². The lowest BCUT2D eigenvalue weighted by atomic mass is 10.1. The molecule has 1 atom stereocenters. The molecule has 20 heavy (non-hydrogen) atoms. The van der Waals surface area contributed by atoms with Gasteiger partial charge in [0.1, 0.15) is 5.76 Å². The standard InChI is InChI=1S/C15H18BrClFNO/c1-3-5-12(19-6-4-2)13-7-9-14(18)11(17)8-10(16)15(9)20-13/h7-8,12,19H,3-6H2,1-2H3. The molecule has 0 radical (unpaired) electrons. The van der Waals surface area contributed by atoms with Crippen molar-refractivity contribution in [3.05, 3.63) is 33.2 Å². The molecular formula is C15H18BrClFNO. The molecule has 0 aliphatic rings. The fourth-order valence-corrected chi connectivity index (χ4v) is 3.11. The predicted octanol–water partition coefficient (Wildman–Crippen LogP) is 5.83. The molecular weight excluding hydrogens is 345 g/mol. The Morgan fingerprint density at radius 3 is 2.75 bits per heavy atom. The van der Waals surface area contributed by atoms with E-state index in [0.29, 0.717) is 15.4 Å². The third-order valence-electron chi connectivity index (χ3n) is 3.23. The van der Waals surface area contributed by atoms with Crippen molar-refractivity contribution >= 4 is 38.5 Å². The Kier molecular flexibility index (Phi) is 5.47. The minimum Gasteiger partial charge on any atom is -0.458 e. The largest absolute Gasteiger partial charge is 0.458 e. The van der Waals surface area contributed by atoms with Crippen LogP contribution in [-0.2, 0) is 0 Å². The topological polar surface area (TPSA) is 25.2 Å². The summed E-state index contributed by atoms with van der Waals surface area (Å²) >= 11 is 9.23. The van der Waals surface area contributed by atoms with Crippen LogP contribution in [0.4, 0.5) is 4.39 Å². The predicted molar refractivity (Wildman–Crippen MR) is 84.8 cm³/mol. The zero-order valence-corrected chi connectivity index (χ0v) is 13.9. The molecule has 1 aromatic heterocycles. The summed E-state index contributed by atoms with van der Waals surface area (Å²) in [5, 5.41) is 3.97. The maximum absolute atomic E-state index is 14.1. The molecule has 0 saturated carbocycles. The van der Waals surface area contributed by atoms with Gasteiger partial charge >= 0.3 is 0 Å². The molecule has 0 spiro atoms. The normalized spacial score (nSPS) is 13.1. The highest BCUT2D eigenvalue weighted by Crippen LogP contribution is 2.36. The fourth-order valence-electron chi connectivity index (χ4n) is 2.24. The van der Waals surface area contributed by atoms with Gasteiger partial charge in [0.2, 0.25) is 0 Å². The van der Waals surface area contributed by atoms with E-state index in [4.69, 9.17) is 16.0 Å². The van der Waals surface area contributed by atoms with E-state index in [0.717, 1.165) is 31.6 Å². The minimum atomic E-state index is -0.425. The molecule has 0 aliphatic carbocycles. The molecule has 0 amide bonds. The monoisotopic (exact) mass is 361 g/mol. The van der Waals surface area contributed by atoms with Crippen LogP contribution in [0.2, 0.25) is 5.02 Å². The Morgan fingerprint density at radius 1 is 1.35 bits per heavy atom. The lowest BCUT2D eigenvalue weighted by Gasteiger charge is -2.14. The third-order valence-corrected chi connectivity index (χ3v) is 4.09. The number of halogens is 3. The fraction of sp³-hybridized carbons (Fsp3) is 0.467. The second-order valence-electron chi connectivity index (χ2n) is 4.84. The van der Waals surface area contributed by atoms with Crippen LogP contribution in [0.1, 0.15) is 44.9 Å². The zero-order chi connectivity index (χ0) is 14.7. The second kappa shape index (κ2) is 6.92. The maximum atomic E-state index is 14.1. The Morgan fingerprint density at radius 2 is 2.10 bits per heavy atom. The van der Waals surface area contributed by atoms with Crippen molar-refractivity contribution in [1.29, 1.82) is 0 Å². The summed E-state index contributed by atoms with van der Waals surface area (Å²) in [6.45, 7) is 5.15. The molecule has 0 bridgehead atoms. The van der Waals surface area contributed by atoms with Crippen LogP contribution >= 0.6 is 27.5 Å². The van der Waals surface area contributed by atoms with Gasteiger partial charge in [0.05, 0.1) is 20.9 Å². The number of fused-ring (bicyclic) bond motifs is 1. The molecule has 0 fully saturated rings. The minimum absolute atomic E-state index is 0.102. The van der Waals surface area contributed by atoms with Crippen molar-refractivity contribution in [1.82, 2.24) is 5.32 Å². The first kappa shape index (κ1) is 15.8. The van der Waals surface area contributed by atoms with Crippen LogP contribution < -0.4 is 5.32 Å². The zero-order valence-electron chi connectivity index (χ0n) is 11.6. The number of nitrogens with one attached hydrogen (secondary N) is 1. The summed E-state index contributed by atoms with van der Waals surface area (Å²) in [4.78, 5) is 0. The van der Waals surface area contributed by atoms with Crippen LogP contribution in [0.15, 0.2) is 21.0 Å². The molecule has 2 nitrogen and oxygen atoms in total. The molecule has 5 heteroatoms. The van der Waals surface area contributed by atoms with Gasteiger partial charge in [-0.3, -0.25) is 0 Å². The summed E-state index contributed by atoms with van der Waals surface area (Å²) in [5.74, 6) is 0.336. The van der Waals surface area contributed by atoms with E-state index < -0.39 is 5.82 Å². The van der Waals surface area contributed by atoms with Crippen LogP contribution in [0.3, 0.4) is 0 Å². The first-order valence-electron chi connectivity index (χ1n) is 6.88.